The Hall–Kier alpha value is -1.20. The highest BCUT2D eigenvalue weighted by molar-refractivity contribution is 5.30. The van der Waals surface area contributed by atoms with Crippen molar-refractivity contribution >= 4 is 5.95 Å². The van der Waals surface area contributed by atoms with Crippen molar-refractivity contribution in [3.63, 3.8) is 0 Å². The van der Waals surface area contributed by atoms with Crippen LogP contribution in [0.5, 0.6) is 0 Å². The first-order valence-corrected chi connectivity index (χ1v) is 5.25. The molecule has 0 aliphatic carbocycles. The van der Waals surface area contributed by atoms with Crippen LogP contribution in [0.1, 0.15) is 12.1 Å². The van der Waals surface area contributed by atoms with Gasteiger partial charge in [0.1, 0.15) is 0 Å². The first kappa shape index (κ1) is 10.3. The van der Waals surface area contributed by atoms with Crippen molar-refractivity contribution in [3.8, 4) is 0 Å². The first-order chi connectivity index (χ1) is 7.40. The molecule has 1 saturated heterocycles. The van der Waals surface area contributed by atoms with E-state index in [1.54, 1.807) is 6.20 Å². The van der Waals surface area contributed by atoms with Crippen molar-refractivity contribution < 1.29 is 4.74 Å². The zero-order valence-corrected chi connectivity index (χ0v) is 8.72. The Morgan fingerprint density at radius 2 is 2.33 bits per heavy atom. The van der Waals surface area contributed by atoms with Gasteiger partial charge in [-0.1, -0.05) is 0 Å². The maximum Gasteiger partial charge on any atom is 0.225 e. The standard InChI is InChI=1S/C10H16N4O/c11-8-9-2-3-12-10(13-9)14-4-1-6-15-7-5-14/h2-3H,1,4-8,11H2. The van der Waals surface area contributed by atoms with Crippen LogP contribution in [-0.4, -0.2) is 36.3 Å². The minimum atomic E-state index is 0.458. The van der Waals surface area contributed by atoms with Gasteiger partial charge in [0.2, 0.25) is 5.95 Å². The molecule has 2 rings (SSSR count). The van der Waals surface area contributed by atoms with Crippen molar-refractivity contribution in [3.05, 3.63) is 18.0 Å². The van der Waals surface area contributed by atoms with E-state index in [4.69, 9.17) is 10.5 Å². The second-order valence-electron chi connectivity index (χ2n) is 3.51. The van der Waals surface area contributed by atoms with Crippen LogP contribution >= 0.6 is 0 Å². The van der Waals surface area contributed by atoms with Gasteiger partial charge in [0, 0.05) is 32.4 Å². The number of nitrogens with zero attached hydrogens (tertiary/aromatic N) is 3. The molecule has 5 heteroatoms. The third kappa shape index (κ3) is 2.64. The van der Waals surface area contributed by atoms with E-state index in [0.717, 1.165) is 44.4 Å². The Kier molecular flexibility index (Phi) is 3.47. The molecule has 1 aliphatic rings. The van der Waals surface area contributed by atoms with E-state index in [-0.39, 0.29) is 0 Å². The molecule has 1 aromatic rings. The zero-order chi connectivity index (χ0) is 10.5. The molecule has 5 nitrogen and oxygen atoms in total. The second kappa shape index (κ2) is 5.04. The molecule has 0 saturated carbocycles. The third-order valence-electron chi connectivity index (χ3n) is 2.41. The van der Waals surface area contributed by atoms with Crippen LogP contribution in [0.2, 0.25) is 0 Å². The fourth-order valence-corrected chi connectivity index (χ4v) is 1.60. The number of aromatic nitrogens is 2. The van der Waals surface area contributed by atoms with Crippen LogP contribution in [0, 0.1) is 0 Å². The zero-order valence-electron chi connectivity index (χ0n) is 8.72. The van der Waals surface area contributed by atoms with Crippen molar-refractivity contribution in [2.75, 3.05) is 31.2 Å². The van der Waals surface area contributed by atoms with Crippen molar-refractivity contribution in [1.82, 2.24) is 9.97 Å². The molecule has 82 valence electrons. The molecule has 0 spiro atoms. The number of ether oxygens (including phenoxy) is 1. The number of rotatable bonds is 2. The Bertz CT molecular complexity index is 310. The molecule has 0 bridgehead atoms. The summed E-state index contributed by atoms with van der Waals surface area (Å²) in [4.78, 5) is 10.8. The normalized spacial score (nSPS) is 17.5. The molecule has 2 heterocycles. The quantitative estimate of drug-likeness (QED) is 0.750. The molecule has 2 N–H and O–H groups in total. The van der Waals surface area contributed by atoms with E-state index in [9.17, 15) is 0 Å². The van der Waals surface area contributed by atoms with Crippen molar-refractivity contribution in [2.24, 2.45) is 5.73 Å². The van der Waals surface area contributed by atoms with Gasteiger partial charge in [-0.3, -0.25) is 0 Å². The van der Waals surface area contributed by atoms with E-state index >= 15 is 0 Å². The number of hydrogen-bond acceptors (Lipinski definition) is 5. The van der Waals surface area contributed by atoms with E-state index in [2.05, 4.69) is 14.9 Å². The van der Waals surface area contributed by atoms with Gasteiger partial charge in [-0.05, 0) is 12.5 Å². The molecule has 0 unspecified atom stereocenters. The highest BCUT2D eigenvalue weighted by atomic mass is 16.5. The maximum atomic E-state index is 5.55. The summed E-state index contributed by atoms with van der Waals surface area (Å²) >= 11 is 0. The van der Waals surface area contributed by atoms with Crippen LogP contribution in [0.3, 0.4) is 0 Å². The lowest BCUT2D eigenvalue weighted by Gasteiger charge is -2.19. The fourth-order valence-electron chi connectivity index (χ4n) is 1.60. The largest absolute Gasteiger partial charge is 0.380 e. The summed E-state index contributed by atoms with van der Waals surface area (Å²) in [6.45, 7) is 3.84. The van der Waals surface area contributed by atoms with Gasteiger partial charge in [-0.25, -0.2) is 9.97 Å². The summed E-state index contributed by atoms with van der Waals surface area (Å²) in [5.74, 6) is 0.767. The highest BCUT2D eigenvalue weighted by Crippen LogP contribution is 2.09. The lowest BCUT2D eigenvalue weighted by atomic mass is 10.4. The third-order valence-corrected chi connectivity index (χ3v) is 2.41. The minimum Gasteiger partial charge on any atom is -0.380 e. The van der Waals surface area contributed by atoms with E-state index in [0.29, 0.717) is 6.54 Å². The number of nitrogens with two attached hydrogens (primary N) is 1. The summed E-state index contributed by atoms with van der Waals surface area (Å²) in [6, 6.07) is 1.85. The lowest BCUT2D eigenvalue weighted by molar-refractivity contribution is 0.152. The predicted octanol–water partition coefficient (Wildman–Crippen LogP) is 0.162. The lowest BCUT2D eigenvalue weighted by Crippen LogP contribution is -2.28. The summed E-state index contributed by atoms with van der Waals surface area (Å²) in [6.07, 6.45) is 2.78. The Labute approximate surface area is 89.3 Å². The van der Waals surface area contributed by atoms with Gasteiger partial charge < -0.3 is 15.4 Å². The summed E-state index contributed by atoms with van der Waals surface area (Å²) in [5.41, 5.74) is 6.43. The SMILES string of the molecule is NCc1ccnc(N2CCCOCC2)n1. The minimum absolute atomic E-state index is 0.458. The van der Waals surface area contributed by atoms with Gasteiger partial charge >= 0.3 is 0 Å². The fraction of sp³-hybridized carbons (Fsp3) is 0.600. The van der Waals surface area contributed by atoms with E-state index in [1.165, 1.54) is 0 Å². The monoisotopic (exact) mass is 208 g/mol. The summed E-state index contributed by atoms with van der Waals surface area (Å²) in [7, 11) is 0. The van der Waals surface area contributed by atoms with Crippen molar-refractivity contribution in [1.29, 1.82) is 0 Å². The maximum absolute atomic E-state index is 5.55. The number of anilines is 1. The van der Waals surface area contributed by atoms with Crippen LogP contribution in [-0.2, 0) is 11.3 Å². The smallest absolute Gasteiger partial charge is 0.225 e. The van der Waals surface area contributed by atoms with Gasteiger partial charge in [-0.2, -0.15) is 0 Å². The van der Waals surface area contributed by atoms with E-state index < -0.39 is 0 Å². The van der Waals surface area contributed by atoms with Crippen LogP contribution in [0.4, 0.5) is 5.95 Å². The molecule has 0 radical (unpaired) electrons. The Morgan fingerprint density at radius 1 is 1.40 bits per heavy atom. The van der Waals surface area contributed by atoms with Crippen molar-refractivity contribution in [2.45, 2.75) is 13.0 Å². The van der Waals surface area contributed by atoms with Gasteiger partial charge in [0.15, 0.2) is 0 Å². The Morgan fingerprint density at radius 3 is 3.20 bits per heavy atom. The number of hydrogen-bond donors (Lipinski definition) is 1. The summed E-state index contributed by atoms with van der Waals surface area (Å²) in [5, 5.41) is 0. The van der Waals surface area contributed by atoms with Crippen LogP contribution < -0.4 is 10.6 Å². The molecule has 1 aliphatic heterocycles. The predicted molar refractivity (Wildman–Crippen MR) is 57.6 cm³/mol. The molecule has 0 aromatic carbocycles. The molecule has 1 fully saturated rings. The Balaban J connectivity index is 2.12. The molecular weight excluding hydrogens is 192 g/mol. The molecule has 0 atom stereocenters. The first-order valence-electron chi connectivity index (χ1n) is 5.25. The van der Waals surface area contributed by atoms with E-state index in [1.807, 2.05) is 6.07 Å². The average Bonchev–Trinajstić information content (AvgIpc) is 2.58. The second-order valence-corrected chi connectivity index (χ2v) is 3.51. The molecule has 1 aromatic heterocycles. The molecule has 0 amide bonds. The topological polar surface area (TPSA) is 64.3 Å². The highest BCUT2D eigenvalue weighted by Gasteiger charge is 2.12. The summed E-state index contributed by atoms with van der Waals surface area (Å²) < 4.78 is 5.38. The van der Waals surface area contributed by atoms with Gasteiger partial charge in [0.25, 0.3) is 0 Å². The van der Waals surface area contributed by atoms with Crippen LogP contribution in [0.25, 0.3) is 0 Å². The molecular formula is C10H16N4O. The van der Waals surface area contributed by atoms with Gasteiger partial charge in [0.05, 0.1) is 12.3 Å². The van der Waals surface area contributed by atoms with Gasteiger partial charge in [-0.15, -0.1) is 0 Å². The average molecular weight is 208 g/mol. The molecule has 15 heavy (non-hydrogen) atoms. The van der Waals surface area contributed by atoms with Crippen LogP contribution in [0.15, 0.2) is 12.3 Å².